The number of anilines is 1. The summed E-state index contributed by atoms with van der Waals surface area (Å²) in [5.74, 6) is 0.0966. The van der Waals surface area contributed by atoms with Crippen molar-refractivity contribution in [1.29, 1.82) is 0 Å². The number of carbonyl (C=O) groups is 2. The van der Waals surface area contributed by atoms with Crippen LogP contribution in [0.5, 0.6) is 5.75 Å². The Labute approximate surface area is 262 Å². The van der Waals surface area contributed by atoms with E-state index >= 15 is 0 Å². The maximum atomic E-state index is 14.1. The van der Waals surface area contributed by atoms with E-state index in [1.165, 1.54) is 17.8 Å². The second-order valence-corrected chi connectivity index (χ2v) is 13.6. The van der Waals surface area contributed by atoms with Crippen molar-refractivity contribution in [2.24, 2.45) is 0 Å². The van der Waals surface area contributed by atoms with E-state index < -0.39 is 16.1 Å². The molecule has 0 bridgehead atoms. The Morgan fingerprint density at radius 1 is 0.909 bits per heavy atom. The predicted molar refractivity (Wildman–Crippen MR) is 175 cm³/mol. The minimum Gasteiger partial charge on any atom is -0.495 e. The van der Waals surface area contributed by atoms with Crippen molar-refractivity contribution in [3.8, 4) is 5.75 Å². The molecule has 0 aromatic heterocycles. The second kappa shape index (κ2) is 15.7. The van der Waals surface area contributed by atoms with Gasteiger partial charge in [0.05, 0.1) is 19.1 Å². The minimum atomic E-state index is -3.64. The number of hydrogen-bond acceptors (Lipinski definition) is 5. The SMILES string of the molecule is COc1ccccc1N(CCCC(=O)N(Cc1ccc(C)cc1)[C@@H](Cc1ccccc1)C(=O)NC1CCCCC1)S(C)(=O)=O. The molecule has 0 radical (unpaired) electrons. The first-order chi connectivity index (χ1) is 21.2. The number of nitrogens with one attached hydrogen (secondary N) is 1. The molecule has 0 unspecified atom stereocenters. The molecule has 1 saturated carbocycles. The molecule has 4 rings (SSSR count). The van der Waals surface area contributed by atoms with Crippen LogP contribution in [-0.4, -0.2) is 57.1 Å². The Balaban J connectivity index is 1.59. The topological polar surface area (TPSA) is 96.0 Å². The molecule has 9 heteroatoms. The molecule has 0 spiro atoms. The highest BCUT2D eigenvalue weighted by atomic mass is 32.2. The summed E-state index contributed by atoms with van der Waals surface area (Å²) in [7, 11) is -2.15. The van der Waals surface area contributed by atoms with Gasteiger partial charge in [-0.3, -0.25) is 13.9 Å². The number of para-hydroxylation sites is 2. The molecule has 1 aliphatic rings. The van der Waals surface area contributed by atoms with Gasteiger partial charge in [0.1, 0.15) is 11.8 Å². The largest absolute Gasteiger partial charge is 0.495 e. The highest BCUT2D eigenvalue weighted by Gasteiger charge is 2.32. The van der Waals surface area contributed by atoms with Gasteiger partial charge >= 0.3 is 0 Å². The molecule has 1 fully saturated rings. The number of benzene rings is 3. The van der Waals surface area contributed by atoms with E-state index in [1.54, 1.807) is 29.2 Å². The molecule has 236 valence electrons. The molecule has 0 heterocycles. The van der Waals surface area contributed by atoms with Gasteiger partial charge in [0.2, 0.25) is 21.8 Å². The summed E-state index contributed by atoms with van der Waals surface area (Å²) < 4.78 is 32.3. The molecular formula is C35H45N3O5S. The summed E-state index contributed by atoms with van der Waals surface area (Å²) in [5.41, 5.74) is 3.44. The van der Waals surface area contributed by atoms with Crippen LogP contribution in [0.15, 0.2) is 78.9 Å². The van der Waals surface area contributed by atoms with Crippen LogP contribution < -0.4 is 14.4 Å². The number of hydrogen-bond donors (Lipinski definition) is 1. The quantitative estimate of drug-likeness (QED) is 0.252. The monoisotopic (exact) mass is 619 g/mol. The molecule has 44 heavy (non-hydrogen) atoms. The van der Waals surface area contributed by atoms with Gasteiger partial charge in [0.25, 0.3) is 0 Å². The minimum absolute atomic E-state index is 0.0784. The zero-order valence-electron chi connectivity index (χ0n) is 26.1. The standard InChI is InChI=1S/C35H45N3O5S/c1-27-20-22-29(23-21-27)26-37(32(25-28-13-6-4-7-14-28)35(40)36-30-15-8-5-9-16-30)34(39)19-12-24-38(44(3,41)42)31-17-10-11-18-33(31)43-2/h4,6-7,10-11,13-14,17-18,20-23,30,32H,5,8-9,12,15-16,19,24-26H2,1-3H3,(H,36,40)/t32-/m0/s1. The Morgan fingerprint density at radius 2 is 1.57 bits per heavy atom. The van der Waals surface area contributed by atoms with Gasteiger partial charge in [0.15, 0.2) is 0 Å². The van der Waals surface area contributed by atoms with Gasteiger partial charge in [0, 0.05) is 32.0 Å². The molecule has 0 aliphatic heterocycles. The van der Waals surface area contributed by atoms with Crippen molar-refractivity contribution in [2.45, 2.75) is 76.9 Å². The van der Waals surface area contributed by atoms with Gasteiger partial charge in [-0.2, -0.15) is 0 Å². The lowest BCUT2D eigenvalue weighted by Crippen LogP contribution is -2.52. The lowest BCUT2D eigenvalue weighted by Gasteiger charge is -2.34. The van der Waals surface area contributed by atoms with Crippen LogP contribution in [0.4, 0.5) is 5.69 Å². The number of aryl methyl sites for hydroxylation is 1. The Bertz CT molecular complexity index is 1470. The van der Waals surface area contributed by atoms with Crippen LogP contribution in [0, 0.1) is 6.92 Å². The lowest BCUT2D eigenvalue weighted by molar-refractivity contribution is -0.141. The maximum absolute atomic E-state index is 14.1. The number of sulfonamides is 1. The van der Waals surface area contributed by atoms with Crippen LogP contribution in [0.25, 0.3) is 0 Å². The summed E-state index contributed by atoms with van der Waals surface area (Å²) in [5, 5.41) is 3.26. The van der Waals surface area contributed by atoms with E-state index in [0.717, 1.165) is 48.6 Å². The molecule has 8 nitrogen and oxygen atoms in total. The van der Waals surface area contributed by atoms with Crippen LogP contribution in [0.1, 0.15) is 61.6 Å². The molecule has 1 atom stereocenters. The average Bonchev–Trinajstić information content (AvgIpc) is 3.02. The van der Waals surface area contributed by atoms with Crippen LogP contribution in [0.2, 0.25) is 0 Å². The maximum Gasteiger partial charge on any atom is 0.243 e. The van der Waals surface area contributed by atoms with Gasteiger partial charge in [-0.1, -0.05) is 91.6 Å². The second-order valence-electron chi connectivity index (χ2n) is 11.7. The van der Waals surface area contributed by atoms with Gasteiger partial charge in [-0.05, 0) is 49.4 Å². The van der Waals surface area contributed by atoms with E-state index in [1.807, 2.05) is 61.5 Å². The first kappa shape index (κ1) is 33.1. The molecule has 3 aromatic carbocycles. The van der Waals surface area contributed by atoms with Crippen LogP contribution >= 0.6 is 0 Å². The summed E-state index contributed by atoms with van der Waals surface area (Å²) in [4.78, 5) is 29.7. The summed E-state index contributed by atoms with van der Waals surface area (Å²) in [6.07, 6.45) is 7.12. The van der Waals surface area contributed by atoms with Gasteiger partial charge in [-0.25, -0.2) is 8.42 Å². The molecule has 2 amide bonds. The zero-order chi connectivity index (χ0) is 31.5. The van der Waals surface area contributed by atoms with E-state index in [2.05, 4.69) is 5.32 Å². The number of methoxy groups -OCH3 is 1. The average molecular weight is 620 g/mol. The number of ether oxygens (including phenoxy) is 1. The lowest BCUT2D eigenvalue weighted by atomic mass is 9.94. The third-order valence-electron chi connectivity index (χ3n) is 8.20. The van der Waals surface area contributed by atoms with Crippen molar-refractivity contribution < 1.29 is 22.7 Å². The fourth-order valence-corrected chi connectivity index (χ4v) is 6.78. The summed E-state index contributed by atoms with van der Waals surface area (Å²) in [6, 6.07) is 24.1. The van der Waals surface area contributed by atoms with Crippen molar-refractivity contribution in [2.75, 3.05) is 24.2 Å². The summed E-state index contributed by atoms with van der Waals surface area (Å²) >= 11 is 0. The number of carbonyl (C=O) groups excluding carboxylic acids is 2. The third kappa shape index (κ3) is 9.32. The fourth-order valence-electron chi connectivity index (χ4n) is 5.81. The highest BCUT2D eigenvalue weighted by Crippen LogP contribution is 2.30. The van der Waals surface area contributed by atoms with E-state index in [4.69, 9.17) is 4.74 Å². The van der Waals surface area contributed by atoms with E-state index in [0.29, 0.717) is 17.9 Å². The van der Waals surface area contributed by atoms with Crippen molar-refractivity contribution >= 4 is 27.5 Å². The number of rotatable bonds is 14. The number of nitrogens with zero attached hydrogens (tertiary/aromatic N) is 2. The van der Waals surface area contributed by atoms with Crippen molar-refractivity contribution in [1.82, 2.24) is 10.2 Å². The highest BCUT2D eigenvalue weighted by molar-refractivity contribution is 7.92. The van der Waals surface area contributed by atoms with Crippen LogP contribution in [0.3, 0.4) is 0 Å². The Kier molecular flexibility index (Phi) is 11.8. The summed E-state index contributed by atoms with van der Waals surface area (Å²) in [6.45, 7) is 2.38. The molecule has 1 aliphatic carbocycles. The van der Waals surface area contributed by atoms with Crippen molar-refractivity contribution in [3.05, 3.63) is 95.6 Å². The van der Waals surface area contributed by atoms with Crippen molar-refractivity contribution in [3.63, 3.8) is 0 Å². The van der Waals surface area contributed by atoms with Gasteiger partial charge < -0.3 is 15.0 Å². The predicted octanol–water partition coefficient (Wildman–Crippen LogP) is 5.64. The molecule has 1 N–H and O–H groups in total. The number of amides is 2. The fraction of sp³-hybridized carbons (Fsp3) is 0.429. The smallest absolute Gasteiger partial charge is 0.243 e. The van der Waals surface area contributed by atoms with E-state index in [9.17, 15) is 18.0 Å². The molecule has 3 aromatic rings. The third-order valence-corrected chi connectivity index (χ3v) is 9.38. The normalized spacial score (nSPS) is 14.4. The Hall–Kier alpha value is -3.85. The van der Waals surface area contributed by atoms with Gasteiger partial charge in [-0.15, -0.1) is 0 Å². The van der Waals surface area contributed by atoms with Crippen LogP contribution in [-0.2, 0) is 32.6 Å². The molecule has 0 saturated heterocycles. The molecular weight excluding hydrogens is 574 g/mol. The zero-order valence-corrected chi connectivity index (χ0v) is 26.9. The Morgan fingerprint density at radius 3 is 2.23 bits per heavy atom. The first-order valence-electron chi connectivity index (χ1n) is 15.5. The first-order valence-corrected chi connectivity index (χ1v) is 17.3. The van der Waals surface area contributed by atoms with E-state index in [-0.39, 0.29) is 43.8 Å².